The molecule has 106 valence electrons. The highest BCUT2D eigenvalue weighted by atomic mass is 16.5. The van der Waals surface area contributed by atoms with Crippen molar-refractivity contribution in [3.05, 3.63) is 65.2 Å². The van der Waals surface area contributed by atoms with Crippen LogP contribution in [-0.4, -0.2) is 6.08 Å². The number of aryl methyl sites for hydroxylation is 1. The SMILES string of the molecule is Cc1ccc(C2(N=C=O)CC2)cc1OCc1ccccc1. The van der Waals surface area contributed by atoms with E-state index < -0.39 is 0 Å². The van der Waals surface area contributed by atoms with Gasteiger partial charge in [-0.05, 0) is 42.5 Å². The zero-order chi connectivity index (χ0) is 14.7. The second kappa shape index (κ2) is 5.55. The Bertz CT molecular complexity index is 684. The van der Waals surface area contributed by atoms with E-state index in [0.717, 1.165) is 35.3 Å². The largest absolute Gasteiger partial charge is 0.489 e. The van der Waals surface area contributed by atoms with Gasteiger partial charge in [0.2, 0.25) is 6.08 Å². The Morgan fingerprint density at radius 3 is 2.62 bits per heavy atom. The number of hydrogen-bond acceptors (Lipinski definition) is 3. The smallest absolute Gasteiger partial charge is 0.235 e. The van der Waals surface area contributed by atoms with Gasteiger partial charge in [-0.15, -0.1) is 0 Å². The molecule has 0 N–H and O–H groups in total. The van der Waals surface area contributed by atoms with Crippen molar-refractivity contribution >= 4 is 6.08 Å². The number of aliphatic imine (C=N–C) groups is 1. The molecule has 0 atom stereocenters. The number of carbonyl (C=O) groups excluding carboxylic acids is 1. The summed E-state index contributed by atoms with van der Waals surface area (Å²) in [4.78, 5) is 14.5. The first-order valence-electron chi connectivity index (χ1n) is 7.10. The summed E-state index contributed by atoms with van der Waals surface area (Å²) < 4.78 is 5.92. The van der Waals surface area contributed by atoms with Gasteiger partial charge < -0.3 is 4.74 Å². The van der Waals surface area contributed by atoms with E-state index in [4.69, 9.17) is 4.74 Å². The third-order valence-corrected chi connectivity index (χ3v) is 3.95. The van der Waals surface area contributed by atoms with Gasteiger partial charge in [0.25, 0.3) is 0 Å². The average Bonchev–Trinajstić information content (AvgIpc) is 3.29. The van der Waals surface area contributed by atoms with Crippen LogP contribution in [0.5, 0.6) is 5.75 Å². The summed E-state index contributed by atoms with van der Waals surface area (Å²) in [5.41, 5.74) is 2.91. The minimum atomic E-state index is -0.347. The molecule has 1 saturated carbocycles. The summed E-state index contributed by atoms with van der Waals surface area (Å²) in [6, 6.07) is 16.1. The Kier molecular flexibility index (Phi) is 3.59. The standard InChI is InChI=1S/C18H17NO2/c1-14-7-8-16(18(9-10-18)19-13-20)11-17(14)21-12-15-5-3-2-4-6-15/h2-8,11H,9-10,12H2,1H3. The molecule has 0 saturated heterocycles. The highest BCUT2D eigenvalue weighted by Crippen LogP contribution is 2.50. The number of nitrogens with zero attached hydrogens (tertiary/aromatic N) is 1. The second-order valence-electron chi connectivity index (χ2n) is 5.49. The summed E-state index contributed by atoms with van der Waals surface area (Å²) in [7, 11) is 0. The van der Waals surface area contributed by atoms with Crippen molar-refractivity contribution in [3.8, 4) is 5.75 Å². The zero-order valence-corrected chi connectivity index (χ0v) is 12.0. The van der Waals surface area contributed by atoms with Crippen molar-refractivity contribution < 1.29 is 9.53 Å². The molecule has 0 aliphatic heterocycles. The van der Waals surface area contributed by atoms with Crippen LogP contribution in [-0.2, 0) is 16.9 Å². The monoisotopic (exact) mass is 279 g/mol. The van der Waals surface area contributed by atoms with Crippen molar-refractivity contribution in [2.24, 2.45) is 4.99 Å². The van der Waals surface area contributed by atoms with Gasteiger partial charge in [-0.2, -0.15) is 4.99 Å². The quantitative estimate of drug-likeness (QED) is 0.615. The molecule has 21 heavy (non-hydrogen) atoms. The van der Waals surface area contributed by atoms with Gasteiger partial charge in [-0.3, -0.25) is 0 Å². The van der Waals surface area contributed by atoms with E-state index in [-0.39, 0.29) is 5.54 Å². The predicted molar refractivity (Wildman–Crippen MR) is 81.0 cm³/mol. The molecule has 0 spiro atoms. The van der Waals surface area contributed by atoms with Gasteiger partial charge in [0.1, 0.15) is 12.4 Å². The molecule has 1 fully saturated rings. The lowest BCUT2D eigenvalue weighted by Crippen LogP contribution is -2.04. The van der Waals surface area contributed by atoms with Crippen LogP contribution in [0, 0.1) is 6.92 Å². The number of rotatable bonds is 5. The molecule has 2 aromatic carbocycles. The lowest BCUT2D eigenvalue weighted by molar-refractivity contribution is 0.303. The Balaban J connectivity index is 1.80. The van der Waals surface area contributed by atoms with Gasteiger partial charge in [-0.1, -0.05) is 42.5 Å². The molecule has 0 bridgehead atoms. The van der Waals surface area contributed by atoms with Gasteiger partial charge in [0.05, 0.1) is 5.54 Å². The fourth-order valence-electron chi connectivity index (χ4n) is 2.45. The molecule has 3 rings (SSSR count). The van der Waals surface area contributed by atoms with Crippen molar-refractivity contribution in [2.45, 2.75) is 31.9 Å². The molecule has 0 radical (unpaired) electrons. The maximum Gasteiger partial charge on any atom is 0.235 e. The molecular weight excluding hydrogens is 262 g/mol. The van der Waals surface area contributed by atoms with E-state index in [1.807, 2.05) is 55.5 Å². The Labute approximate surface area is 124 Å². The van der Waals surface area contributed by atoms with Crippen LogP contribution in [0.15, 0.2) is 53.5 Å². The predicted octanol–water partition coefficient (Wildman–Crippen LogP) is 3.90. The van der Waals surface area contributed by atoms with Crippen molar-refractivity contribution in [3.63, 3.8) is 0 Å². The Morgan fingerprint density at radius 2 is 1.95 bits per heavy atom. The first-order chi connectivity index (χ1) is 10.2. The van der Waals surface area contributed by atoms with Crippen LogP contribution >= 0.6 is 0 Å². The van der Waals surface area contributed by atoms with Gasteiger partial charge in [0, 0.05) is 0 Å². The fourth-order valence-corrected chi connectivity index (χ4v) is 2.45. The van der Waals surface area contributed by atoms with Crippen LogP contribution in [0.1, 0.15) is 29.5 Å². The number of hydrogen-bond donors (Lipinski definition) is 0. The van der Waals surface area contributed by atoms with Crippen molar-refractivity contribution in [1.29, 1.82) is 0 Å². The fraction of sp³-hybridized carbons (Fsp3) is 0.278. The molecule has 3 heteroatoms. The van der Waals surface area contributed by atoms with Gasteiger partial charge in [-0.25, -0.2) is 4.79 Å². The molecule has 1 aliphatic rings. The molecule has 0 amide bonds. The lowest BCUT2D eigenvalue weighted by Gasteiger charge is -2.14. The van der Waals surface area contributed by atoms with E-state index >= 15 is 0 Å². The summed E-state index contributed by atoms with van der Waals surface area (Å²) in [6.07, 6.45) is 3.51. The molecule has 0 unspecified atom stereocenters. The molecular formula is C18H17NO2. The maximum atomic E-state index is 10.6. The number of isocyanates is 1. The van der Waals surface area contributed by atoms with Gasteiger partial charge in [0.15, 0.2) is 0 Å². The Morgan fingerprint density at radius 1 is 1.19 bits per heavy atom. The minimum Gasteiger partial charge on any atom is -0.489 e. The average molecular weight is 279 g/mol. The van der Waals surface area contributed by atoms with Crippen LogP contribution in [0.3, 0.4) is 0 Å². The van der Waals surface area contributed by atoms with Crippen molar-refractivity contribution in [1.82, 2.24) is 0 Å². The summed E-state index contributed by atoms with van der Waals surface area (Å²) in [5.74, 6) is 0.851. The molecule has 0 heterocycles. The topological polar surface area (TPSA) is 38.7 Å². The normalized spacial score (nSPS) is 15.1. The number of benzene rings is 2. The van der Waals surface area contributed by atoms with E-state index in [9.17, 15) is 4.79 Å². The van der Waals surface area contributed by atoms with E-state index in [1.54, 1.807) is 6.08 Å². The Hall–Kier alpha value is -2.38. The molecule has 3 nitrogen and oxygen atoms in total. The van der Waals surface area contributed by atoms with Crippen LogP contribution in [0.2, 0.25) is 0 Å². The van der Waals surface area contributed by atoms with Crippen molar-refractivity contribution in [2.75, 3.05) is 0 Å². The van der Waals surface area contributed by atoms with Crippen LogP contribution in [0.4, 0.5) is 0 Å². The van der Waals surface area contributed by atoms with E-state index in [0.29, 0.717) is 6.61 Å². The number of ether oxygens (including phenoxy) is 1. The molecule has 1 aliphatic carbocycles. The molecule has 0 aromatic heterocycles. The zero-order valence-electron chi connectivity index (χ0n) is 12.0. The van der Waals surface area contributed by atoms with Crippen LogP contribution in [0.25, 0.3) is 0 Å². The highest BCUT2D eigenvalue weighted by Gasteiger charge is 2.45. The van der Waals surface area contributed by atoms with E-state index in [2.05, 4.69) is 4.99 Å². The maximum absolute atomic E-state index is 10.6. The summed E-state index contributed by atoms with van der Waals surface area (Å²) in [5, 5.41) is 0. The van der Waals surface area contributed by atoms with Gasteiger partial charge >= 0.3 is 0 Å². The summed E-state index contributed by atoms with van der Waals surface area (Å²) >= 11 is 0. The first kappa shape index (κ1) is 13.6. The van der Waals surface area contributed by atoms with Crippen LogP contribution < -0.4 is 4.74 Å². The summed E-state index contributed by atoms with van der Waals surface area (Å²) in [6.45, 7) is 2.56. The second-order valence-corrected chi connectivity index (χ2v) is 5.49. The molecule has 2 aromatic rings. The van der Waals surface area contributed by atoms with E-state index in [1.165, 1.54) is 0 Å². The minimum absolute atomic E-state index is 0.347. The first-order valence-corrected chi connectivity index (χ1v) is 7.10. The highest BCUT2D eigenvalue weighted by molar-refractivity contribution is 5.45. The third kappa shape index (κ3) is 2.88. The lowest BCUT2D eigenvalue weighted by atomic mass is 10.0. The third-order valence-electron chi connectivity index (χ3n) is 3.95.